The number of carbonyl (C=O) groups is 2. The molecule has 0 unspecified atom stereocenters. The fourth-order valence-electron chi connectivity index (χ4n) is 3.62. The van der Waals surface area contributed by atoms with Crippen LogP contribution in [0, 0.1) is 0 Å². The third-order valence-corrected chi connectivity index (χ3v) is 5.22. The number of amides is 2. The van der Waals surface area contributed by atoms with E-state index >= 15 is 0 Å². The van der Waals surface area contributed by atoms with Crippen molar-refractivity contribution >= 4 is 11.8 Å². The highest BCUT2D eigenvalue weighted by Gasteiger charge is 2.18. The lowest BCUT2D eigenvalue weighted by Crippen LogP contribution is -2.35. The lowest BCUT2D eigenvalue weighted by atomic mass is 10.1. The molecule has 2 heterocycles. The number of likely N-dealkylation sites (tertiary alicyclic amines) is 1. The number of benzene rings is 2. The molecule has 30 heavy (non-hydrogen) atoms. The number of carbonyl (C=O) groups excluding carboxylic acids is 2. The summed E-state index contributed by atoms with van der Waals surface area (Å²) in [5.41, 5.74) is 3.03. The second-order valence-corrected chi connectivity index (χ2v) is 7.52. The minimum absolute atomic E-state index is 0.0684. The highest BCUT2D eigenvalue weighted by Crippen LogP contribution is 2.18. The van der Waals surface area contributed by atoms with Gasteiger partial charge in [-0.05, 0) is 49.1 Å². The summed E-state index contributed by atoms with van der Waals surface area (Å²) in [5, 5.41) is 2.90. The SMILES string of the molecule is O=C(Cc1coc(-c2ccccc2)n1)NCc1cccc(C(=O)N2CCCCC2)c1. The van der Waals surface area contributed by atoms with Crippen molar-refractivity contribution in [1.82, 2.24) is 15.2 Å². The highest BCUT2D eigenvalue weighted by molar-refractivity contribution is 5.94. The van der Waals surface area contributed by atoms with E-state index in [1.807, 2.05) is 59.5 Å². The molecule has 0 atom stereocenters. The fourth-order valence-corrected chi connectivity index (χ4v) is 3.62. The Morgan fingerprint density at radius 2 is 1.80 bits per heavy atom. The van der Waals surface area contributed by atoms with Crippen LogP contribution in [0.4, 0.5) is 0 Å². The Labute approximate surface area is 175 Å². The summed E-state index contributed by atoms with van der Waals surface area (Å²) in [4.78, 5) is 31.3. The number of aromatic nitrogens is 1. The lowest BCUT2D eigenvalue weighted by molar-refractivity contribution is -0.120. The monoisotopic (exact) mass is 403 g/mol. The zero-order valence-corrected chi connectivity index (χ0v) is 16.8. The molecule has 0 bridgehead atoms. The molecule has 6 nitrogen and oxygen atoms in total. The number of piperidine rings is 1. The van der Waals surface area contributed by atoms with E-state index in [2.05, 4.69) is 10.3 Å². The molecule has 4 rings (SSSR count). The smallest absolute Gasteiger partial charge is 0.253 e. The zero-order chi connectivity index (χ0) is 20.8. The Hall–Kier alpha value is -3.41. The number of oxazole rings is 1. The molecule has 6 heteroatoms. The Bertz CT molecular complexity index is 1010. The van der Waals surface area contributed by atoms with Crippen LogP contribution in [0.15, 0.2) is 65.3 Å². The van der Waals surface area contributed by atoms with E-state index in [0.29, 0.717) is 23.7 Å². The molecule has 1 saturated heterocycles. The van der Waals surface area contributed by atoms with Gasteiger partial charge in [0.15, 0.2) is 0 Å². The Kier molecular flexibility index (Phi) is 6.23. The molecule has 1 fully saturated rings. The number of hydrogen-bond acceptors (Lipinski definition) is 4. The molecule has 0 spiro atoms. The summed E-state index contributed by atoms with van der Waals surface area (Å²) < 4.78 is 5.48. The fraction of sp³-hybridized carbons (Fsp3) is 0.292. The van der Waals surface area contributed by atoms with Crippen molar-refractivity contribution in [2.75, 3.05) is 13.1 Å². The molecule has 1 aliphatic heterocycles. The van der Waals surface area contributed by atoms with Gasteiger partial charge in [-0.3, -0.25) is 9.59 Å². The van der Waals surface area contributed by atoms with Gasteiger partial charge in [-0.2, -0.15) is 0 Å². The third kappa shape index (κ3) is 4.95. The summed E-state index contributed by atoms with van der Waals surface area (Å²) in [6.07, 6.45) is 4.97. The first-order valence-corrected chi connectivity index (χ1v) is 10.3. The van der Waals surface area contributed by atoms with Gasteiger partial charge in [0.1, 0.15) is 6.26 Å². The van der Waals surface area contributed by atoms with Crippen LogP contribution in [-0.4, -0.2) is 34.8 Å². The molecule has 2 amide bonds. The van der Waals surface area contributed by atoms with Crippen molar-refractivity contribution in [1.29, 1.82) is 0 Å². The van der Waals surface area contributed by atoms with Crippen LogP contribution in [0.2, 0.25) is 0 Å². The molecular formula is C24H25N3O3. The predicted molar refractivity (Wildman–Crippen MR) is 114 cm³/mol. The largest absolute Gasteiger partial charge is 0.444 e. The predicted octanol–water partition coefficient (Wildman–Crippen LogP) is 3.83. The van der Waals surface area contributed by atoms with Gasteiger partial charge in [0, 0.05) is 30.8 Å². The molecule has 1 aliphatic rings. The van der Waals surface area contributed by atoms with Gasteiger partial charge in [-0.25, -0.2) is 4.98 Å². The summed E-state index contributed by atoms with van der Waals surface area (Å²) in [7, 11) is 0. The molecule has 3 aromatic rings. The number of rotatable bonds is 6. The maximum absolute atomic E-state index is 12.7. The average Bonchev–Trinajstić information content (AvgIpc) is 3.27. The van der Waals surface area contributed by atoms with E-state index in [1.165, 1.54) is 12.7 Å². The van der Waals surface area contributed by atoms with E-state index in [9.17, 15) is 9.59 Å². The van der Waals surface area contributed by atoms with Crippen LogP contribution >= 0.6 is 0 Å². The van der Waals surface area contributed by atoms with E-state index in [4.69, 9.17) is 4.42 Å². The number of nitrogens with zero attached hydrogens (tertiary/aromatic N) is 2. The van der Waals surface area contributed by atoms with Crippen molar-refractivity contribution in [2.24, 2.45) is 0 Å². The van der Waals surface area contributed by atoms with Gasteiger partial charge in [0.05, 0.1) is 12.1 Å². The van der Waals surface area contributed by atoms with E-state index in [0.717, 1.165) is 37.1 Å². The maximum atomic E-state index is 12.7. The maximum Gasteiger partial charge on any atom is 0.253 e. The van der Waals surface area contributed by atoms with Crippen LogP contribution in [0.25, 0.3) is 11.5 Å². The van der Waals surface area contributed by atoms with Crippen LogP contribution in [-0.2, 0) is 17.8 Å². The molecule has 1 aromatic heterocycles. The highest BCUT2D eigenvalue weighted by atomic mass is 16.3. The van der Waals surface area contributed by atoms with E-state index in [-0.39, 0.29) is 18.2 Å². The van der Waals surface area contributed by atoms with Gasteiger partial charge in [0.2, 0.25) is 11.8 Å². The van der Waals surface area contributed by atoms with Crippen molar-refractivity contribution < 1.29 is 14.0 Å². The van der Waals surface area contributed by atoms with E-state index in [1.54, 1.807) is 0 Å². The lowest BCUT2D eigenvalue weighted by Gasteiger charge is -2.26. The second kappa shape index (κ2) is 9.39. The summed E-state index contributed by atoms with van der Waals surface area (Å²) in [6, 6.07) is 17.0. The Balaban J connectivity index is 1.32. The third-order valence-electron chi connectivity index (χ3n) is 5.22. The van der Waals surface area contributed by atoms with Gasteiger partial charge < -0.3 is 14.6 Å². The van der Waals surface area contributed by atoms with Crippen molar-refractivity contribution in [3.8, 4) is 11.5 Å². The molecule has 1 N–H and O–H groups in total. The molecule has 0 saturated carbocycles. The van der Waals surface area contributed by atoms with Crippen molar-refractivity contribution in [3.63, 3.8) is 0 Å². The van der Waals surface area contributed by atoms with Gasteiger partial charge in [-0.1, -0.05) is 30.3 Å². The standard InChI is InChI=1S/C24H25N3O3/c28-22(15-21-17-30-23(26-21)19-9-3-1-4-10-19)25-16-18-8-7-11-20(14-18)24(29)27-12-5-2-6-13-27/h1,3-4,7-11,14,17H,2,5-6,12-13,15-16H2,(H,25,28). The van der Waals surface area contributed by atoms with Crippen LogP contribution < -0.4 is 5.32 Å². The topological polar surface area (TPSA) is 75.4 Å². The molecule has 154 valence electrons. The van der Waals surface area contributed by atoms with E-state index < -0.39 is 0 Å². The first-order valence-electron chi connectivity index (χ1n) is 10.3. The first kappa shape index (κ1) is 19.9. The number of hydrogen-bond donors (Lipinski definition) is 1. The molecular weight excluding hydrogens is 378 g/mol. The molecule has 0 aliphatic carbocycles. The van der Waals surface area contributed by atoms with Gasteiger partial charge in [0.25, 0.3) is 5.91 Å². The first-order chi connectivity index (χ1) is 14.7. The van der Waals surface area contributed by atoms with Crippen LogP contribution in [0.1, 0.15) is 40.9 Å². The van der Waals surface area contributed by atoms with Crippen LogP contribution in [0.3, 0.4) is 0 Å². The minimum atomic E-state index is -0.143. The molecule has 2 aromatic carbocycles. The van der Waals surface area contributed by atoms with Crippen molar-refractivity contribution in [3.05, 3.63) is 77.7 Å². The van der Waals surface area contributed by atoms with Gasteiger partial charge in [-0.15, -0.1) is 0 Å². The van der Waals surface area contributed by atoms with Gasteiger partial charge >= 0.3 is 0 Å². The quantitative estimate of drug-likeness (QED) is 0.679. The average molecular weight is 403 g/mol. The second-order valence-electron chi connectivity index (χ2n) is 7.52. The Morgan fingerprint density at radius 3 is 2.60 bits per heavy atom. The number of nitrogens with one attached hydrogen (secondary N) is 1. The normalized spacial score (nSPS) is 13.8. The summed E-state index contributed by atoms with van der Waals surface area (Å²) in [6.45, 7) is 2.01. The van der Waals surface area contributed by atoms with Crippen molar-refractivity contribution in [2.45, 2.75) is 32.2 Å². The Morgan fingerprint density at radius 1 is 1.00 bits per heavy atom. The summed E-state index contributed by atoms with van der Waals surface area (Å²) >= 11 is 0. The molecule has 0 radical (unpaired) electrons. The summed E-state index contributed by atoms with van der Waals surface area (Å²) in [5.74, 6) is 0.428. The van der Waals surface area contributed by atoms with Crippen LogP contribution in [0.5, 0.6) is 0 Å². The zero-order valence-electron chi connectivity index (χ0n) is 16.8. The minimum Gasteiger partial charge on any atom is -0.444 e.